The lowest BCUT2D eigenvalue weighted by Gasteiger charge is -2.16. The molecule has 2 heterocycles. The number of aromatic nitrogens is 2. The summed E-state index contributed by atoms with van der Waals surface area (Å²) in [7, 11) is 0. The van der Waals surface area contributed by atoms with Gasteiger partial charge in [-0.2, -0.15) is 0 Å². The van der Waals surface area contributed by atoms with Gasteiger partial charge in [0.2, 0.25) is 0 Å². The second-order valence-electron chi connectivity index (χ2n) is 6.96. The van der Waals surface area contributed by atoms with Crippen LogP contribution in [0.5, 0.6) is 0 Å². The van der Waals surface area contributed by atoms with Crippen LogP contribution < -0.4 is 10.6 Å². The van der Waals surface area contributed by atoms with Crippen molar-refractivity contribution in [3.05, 3.63) is 70.7 Å². The van der Waals surface area contributed by atoms with Crippen LogP contribution in [0.25, 0.3) is 11.1 Å². The van der Waals surface area contributed by atoms with E-state index in [1.54, 1.807) is 36.7 Å². The molecule has 0 aliphatic heterocycles. The molecule has 4 N–H and O–H groups in total. The van der Waals surface area contributed by atoms with E-state index < -0.39 is 6.04 Å². The van der Waals surface area contributed by atoms with Crippen molar-refractivity contribution in [1.29, 1.82) is 0 Å². The highest BCUT2D eigenvalue weighted by molar-refractivity contribution is 6.33. The lowest BCUT2D eigenvalue weighted by atomic mass is 10.1. The van der Waals surface area contributed by atoms with Crippen molar-refractivity contribution in [2.75, 3.05) is 11.9 Å². The number of amides is 1. The minimum atomic E-state index is -0.672. The molecule has 0 saturated heterocycles. The Balaban J connectivity index is 2.18. The molecule has 0 saturated carbocycles. The average molecular weight is 449 g/mol. The van der Waals surface area contributed by atoms with Gasteiger partial charge in [-0.1, -0.05) is 35.9 Å². The highest BCUT2D eigenvalue weighted by atomic mass is 35.5. The number of carbonyl (C=O) groups excluding carboxylic acids is 1. The van der Waals surface area contributed by atoms with Crippen molar-refractivity contribution >= 4 is 34.9 Å². The van der Waals surface area contributed by atoms with Gasteiger partial charge in [-0.15, -0.1) is 0 Å². The number of nitrogens with one attached hydrogen (secondary N) is 3. The number of rotatable bonds is 9. The Morgan fingerprint density at radius 3 is 2.77 bits per heavy atom. The normalized spacial score (nSPS) is 13.0. The fourth-order valence-electron chi connectivity index (χ4n) is 2.69. The minimum absolute atomic E-state index is 0.220. The van der Waals surface area contributed by atoms with Crippen LogP contribution in [0.15, 0.2) is 59.9 Å². The third-order valence-corrected chi connectivity index (χ3v) is 4.65. The van der Waals surface area contributed by atoms with Gasteiger partial charge in [0.1, 0.15) is 11.5 Å². The Morgan fingerprint density at radius 2 is 2.13 bits per heavy atom. The molecule has 8 heteroatoms. The van der Waals surface area contributed by atoms with Gasteiger partial charge in [-0.05, 0) is 50.6 Å². The SMILES string of the molecule is C=C(/C=C(Cl)\C=C/C)[C@@H](CO)NC(=O)c1cc(-c2cc(NC(C)C)ncc2Cl)c[nH]1. The highest BCUT2D eigenvalue weighted by Crippen LogP contribution is 2.30. The molecular formula is C22H26Cl2N4O2. The molecule has 0 spiro atoms. The lowest BCUT2D eigenvalue weighted by molar-refractivity contribution is 0.0923. The molecule has 0 radical (unpaired) electrons. The molecule has 2 aromatic rings. The Kier molecular flexibility index (Phi) is 8.72. The summed E-state index contributed by atoms with van der Waals surface area (Å²) in [4.78, 5) is 19.9. The van der Waals surface area contributed by atoms with Gasteiger partial charge in [0, 0.05) is 34.6 Å². The molecule has 0 aromatic carbocycles. The number of nitrogens with zero attached hydrogens (tertiary/aromatic N) is 1. The lowest BCUT2D eigenvalue weighted by Crippen LogP contribution is -2.38. The zero-order chi connectivity index (χ0) is 22.3. The van der Waals surface area contributed by atoms with E-state index in [4.69, 9.17) is 23.2 Å². The topological polar surface area (TPSA) is 90.0 Å². The first kappa shape index (κ1) is 23.7. The number of aliphatic hydroxyl groups is 1. The number of halogens is 2. The number of allylic oxidation sites excluding steroid dienone is 3. The van der Waals surface area contributed by atoms with Crippen molar-refractivity contribution in [3.63, 3.8) is 0 Å². The first-order chi connectivity index (χ1) is 14.2. The second kappa shape index (κ2) is 11.0. The van der Waals surface area contributed by atoms with Gasteiger partial charge < -0.3 is 20.7 Å². The third kappa shape index (κ3) is 6.49. The largest absolute Gasteiger partial charge is 0.394 e. The number of aromatic amines is 1. The maximum atomic E-state index is 12.7. The van der Waals surface area contributed by atoms with Crippen LogP contribution in [0, 0.1) is 0 Å². The zero-order valence-corrected chi connectivity index (χ0v) is 18.7. The van der Waals surface area contributed by atoms with Gasteiger partial charge in [-0.25, -0.2) is 4.98 Å². The van der Waals surface area contributed by atoms with E-state index in [-0.39, 0.29) is 18.6 Å². The number of hydrogen-bond donors (Lipinski definition) is 4. The van der Waals surface area contributed by atoms with Gasteiger partial charge in [0.15, 0.2) is 0 Å². The third-order valence-electron chi connectivity index (χ3n) is 4.12. The summed E-state index contributed by atoms with van der Waals surface area (Å²) in [5, 5.41) is 16.5. The standard InChI is InChI=1S/C22H26Cl2N4O2/c1-5-6-16(23)7-14(4)20(12-29)28-22(30)19-8-15(10-25-19)17-9-21(27-13(2)3)26-11-18(17)24/h5-11,13,20,25,29H,4,12H2,1-3H3,(H,26,27)(H,28,30)/b6-5-,16-7+/t20-/m1/s1. The van der Waals surface area contributed by atoms with Crippen LogP contribution in [0.1, 0.15) is 31.3 Å². The van der Waals surface area contributed by atoms with Gasteiger partial charge in [-0.3, -0.25) is 4.79 Å². The monoisotopic (exact) mass is 448 g/mol. The van der Waals surface area contributed by atoms with Crippen molar-refractivity contribution in [2.45, 2.75) is 32.9 Å². The summed E-state index contributed by atoms with van der Waals surface area (Å²) < 4.78 is 0. The molecule has 1 amide bonds. The Morgan fingerprint density at radius 1 is 1.40 bits per heavy atom. The van der Waals surface area contributed by atoms with E-state index in [2.05, 4.69) is 27.2 Å². The maximum absolute atomic E-state index is 12.7. The Labute approximate surface area is 186 Å². The minimum Gasteiger partial charge on any atom is -0.394 e. The van der Waals surface area contributed by atoms with Crippen molar-refractivity contribution in [3.8, 4) is 11.1 Å². The molecule has 2 aromatic heterocycles. The molecule has 0 unspecified atom stereocenters. The number of carbonyl (C=O) groups is 1. The fraction of sp³-hybridized carbons (Fsp3) is 0.273. The van der Waals surface area contributed by atoms with E-state index in [1.807, 2.05) is 26.8 Å². The van der Waals surface area contributed by atoms with Gasteiger partial charge in [0.25, 0.3) is 5.91 Å². The number of pyridine rings is 1. The maximum Gasteiger partial charge on any atom is 0.268 e. The quantitative estimate of drug-likeness (QED) is 0.410. The fourth-order valence-corrected chi connectivity index (χ4v) is 3.17. The molecular weight excluding hydrogens is 423 g/mol. The zero-order valence-electron chi connectivity index (χ0n) is 17.2. The summed E-state index contributed by atoms with van der Waals surface area (Å²) >= 11 is 12.4. The van der Waals surface area contributed by atoms with E-state index in [0.717, 1.165) is 11.1 Å². The number of aliphatic hydroxyl groups excluding tert-OH is 1. The summed E-state index contributed by atoms with van der Waals surface area (Å²) in [6, 6.07) is 3.07. The number of H-pyrrole nitrogens is 1. The van der Waals surface area contributed by atoms with Crippen LogP contribution in [0.3, 0.4) is 0 Å². The van der Waals surface area contributed by atoms with Crippen LogP contribution in [0.2, 0.25) is 5.02 Å². The molecule has 1 atom stereocenters. The van der Waals surface area contributed by atoms with Crippen molar-refractivity contribution in [1.82, 2.24) is 15.3 Å². The second-order valence-corrected chi connectivity index (χ2v) is 7.81. The van der Waals surface area contributed by atoms with E-state index in [9.17, 15) is 9.90 Å². The van der Waals surface area contributed by atoms with Crippen LogP contribution >= 0.6 is 23.2 Å². The predicted octanol–water partition coefficient (Wildman–Crippen LogP) is 4.90. The average Bonchev–Trinajstić information content (AvgIpc) is 3.17. The molecule has 160 valence electrons. The smallest absolute Gasteiger partial charge is 0.268 e. The number of anilines is 1. The highest BCUT2D eigenvalue weighted by Gasteiger charge is 2.17. The molecule has 0 aliphatic carbocycles. The predicted molar refractivity (Wildman–Crippen MR) is 124 cm³/mol. The number of hydrogen-bond acceptors (Lipinski definition) is 4. The molecule has 0 fully saturated rings. The van der Waals surface area contributed by atoms with Gasteiger partial charge >= 0.3 is 0 Å². The Bertz CT molecular complexity index is 964. The first-order valence-electron chi connectivity index (χ1n) is 9.46. The van der Waals surface area contributed by atoms with Crippen molar-refractivity contribution < 1.29 is 9.90 Å². The van der Waals surface area contributed by atoms with Gasteiger partial charge in [0.05, 0.1) is 17.7 Å². The summed E-state index contributed by atoms with van der Waals surface area (Å²) in [5.41, 5.74) is 2.30. The van der Waals surface area contributed by atoms with E-state index >= 15 is 0 Å². The van der Waals surface area contributed by atoms with Crippen LogP contribution in [0.4, 0.5) is 5.82 Å². The van der Waals surface area contributed by atoms with Crippen LogP contribution in [-0.4, -0.2) is 39.7 Å². The van der Waals surface area contributed by atoms with E-state index in [0.29, 0.717) is 27.1 Å². The summed E-state index contributed by atoms with van der Waals surface area (Å²) in [6.07, 6.45) is 8.34. The summed E-state index contributed by atoms with van der Waals surface area (Å²) in [6.45, 7) is 9.44. The first-order valence-corrected chi connectivity index (χ1v) is 10.2. The molecule has 2 rings (SSSR count). The Hall–Kier alpha value is -2.54. The van der Waals surface area contributed by atoms with Crippen LogP contribution in [-0.2, 0) is 0 Å². The molecule has 0 bridgehead atoms. The molecule has 6 nitrogen and oxygen atoms in total. The molecule has 30 heavy (non-hydrogen) atoms. The van der Waals surface area contributed by atoms with Crippen molar-refractivity contribution in [2.24, 2.45) is 0 Å². The van der Waals surface area contributed by atoms with E-state index in [1.165, 1.54) is 0 Å². The summed E-state index contributed by atoms with van der Waals surface area (Å²) in [5.74, 6) is 0.306. The molecule has 0 aliphatic rings.